The predicted octanol–water partition coefficient (Wildman–Crippen LogP) is 6.21. The molecule has 204 valence electrons. The van der Waals surface area contributed by atoms with Crippen molar-refractivity contribution in [1.82, 2.24) is 0 Å². The number of hydrogen-bond donors (Lipinski definition) is 2. The molecule has 1 aliphatic rings. The fraction of sp³-hybridized carbons (Fsp3) is 0.312. The van der Waals surface area contributed by atoms with Crippen LogP contribution in [-0.2, 0) is 9.59 Å². The van der Waals surface area contributed by atoms with Gasteiger partial charge in [0.15, 0.2) is 0 Å². The van der Waals surface area contributed by atoms with Gasteiger partial charge in [-0.2, -0.15) is 0 Å². The van der Waals surface area contributed by atoms with Gasteiger partial charge in [0.1, 0.15) is 17.3 Å². The molecule has 39 heavy (non-hydrogen) atoms. The highest BCUT2D eigenvalue weighted by molar-refractivity contribution is 6.52. The van der Waals surface area contributed by atoms with E-state index in [1.165, 1.54) is 11.0 Å². The number of phenolic OH excluding ortho intramolecular Hbond substituents is 1. The first-order valence-electron chi connectivity index (χ1n) is 13.3. The summed E-state index contributed by atoms with van der Waals surface area (Å²) in [4.78, 5) is 30.4. The maximum atomic E-state index is 13.5. The van der Waals surface area contributed by atoms with Crippen LogP contribution in [0.5, 0.6) is 11.5 Å². The van der Waals surface area contributed by atoms with Gasteiger partial charge in [0, 0.05) is 24.3 Å². The van der Waals surface area contributed by atoms with Crippen molar-refractivity contribution in [3.63, 3.8) is 0 Å². The molecule has 7 heteroatoms. The zero-order chi connectivity index (χ0) is 28.3. The topological polar surface area (TPSA) is 90.3 Å². The lowest BCUT2D eigenvalue weighted by Crippen LogP contribution is -2.29. The summed E-state index contributed by atoms with van der Waals surface area (Å²) in [5, 5.41) is 22.1. The molecule has 0 spiro atoms. The molecule has 3 aromatic carbocycles. The lowest BCUT2D eigenvalue weighted by Gasteiger charge is -2.27. The van der Waals surface area contributed by atoms with E-state index in [1.54, 1.807) is 36.4 Å². The van der Waals surface area contributed by atoms with E-state index in [0.717, 1.165) is 24.3 Å². The molecule has 1 aliphatic heterocycles. The second-order valence-corrected chi connectivity index (χ2v) is 10.2. The number of benzene rings is 3. The molecule has 7 nitrogen and oxygen atoms in total. The first-order chi connectivity index (χ1) is 18.7. The molecule has 1 amide bonds. The van der Waals surface area contributed by atoms with Crippen LogP contribution in [0.1, 0.15) is 50.4 Å². The number of carbonyl (C=O) groups is 2. The van der Waals surface area contributed by atoms with Crippen LogP contribution in [0.3, 0.4) is 0 Å². The van der Waals surface area contributed by atoms with Crippen molar-refractivity contribution in [3.05, 3.63) is 89.0 Å². The molecular weight excluding hydrogens is 492 g/mol. The maximum Gasteiger partial charge on any atom is 0.300 e. The number of aliphatic hydroxyl groups is 1. The van der Waals surface area contributed by atoms with Crippen LogP contribution < -0.4 is 14.5 Å². The minimum absolute atomic E-state index is 0.0349. The quantitative estimate of drug-likeness (QED) is 0.195. The van der Waals surface area contributed by atoms with Gasteiger partial charge in [-0.15, -0.1) is 0 Å². The molecule has 3 aromatic rings. The Bertz CT molecular complexity index is 1370. The van der Waals surface area contributed by atoms with Gasteiger partial charge < -0.3 is 19.8 Å². The fourth-order valence-electron chi connectivity index (χ4n) is 4.81. The van der Waals surface area contributed by atoms with Crippen LogP contribution in [0, 0.1) is 12.8 Å². The average Bonchev–Trinajstić information content (AvgIpc) is 3.19. The van der Waals surface area contributed by atoms with Crippen molar-refractivity contribution >= 4 is 28.8 Å². The van der Waals surface area contributed by atoms with Crippen molar-refractivity contribution < 1.29 is 24.5 Å². The number of Topliss-reactive ketones (excluding diaryl/α,β-unsaturated/α-hetero) is 1. The maximum absolute atomic E-state index is 13.5. The number of aromatic hydroxyl groups is 1. The Balaban J connectivity index is 1.84. The summed E-state index contributed by atoms with van der Waals surface area (Å²) in [5.74, 6) is -1.03. The Kier molecular flexibility index (Phi) is 8.29. The largest absolute Gasteiger partial charge is 0.507 e. The first-order valence-corrected chi connectivity index (χ1v) is 13.3. The number of rotatable bonds is 9. The second kappa shape index (κ2) is 11.6. The number of hydrogen-bond acceptors (Lipinski definition) is 6. The van der Waals surface area contributed by atoms with Crippen LogP contribution in [0.2, 0.25) is 0 Å². The Morgan fingerprint density at radius 1 is 0.974 bits per heavy atom. The SMILES string of the molecule is CCN(CC)c1ccc(C2/C(=C(\O)c3ccc(OCC(C)C)cc3)C(=O)C(=O)N2c2cc(C)ccc2O)cc1. The summed E-state index contributed by atoms with van der Waals surface area (Å²) in [6.07, 6.45) is 0. The van der Waals surface area contributed by atoms with Crippen LogP contribution >= 0.6 is 0 Å². The third-order valence-corrected chi connectivity index (χ3v) is 6.88. The molecule has 0 radical (unpaired) electrons. The number of phenols is 1. The van der Waals surface area contributed by atoms with E-state index in [0.29, 0.717) is 29.4 Å². The lowest BCUT2D eigenvalue weighted by atomic mass is 9.94. The minimum Gasteiger partial charge on any atom is -0.507 e. The standard InChI is InChI=1S/C32H36N2O5/c1-6-33(7-2)24-13-9-22(10-14-24)29-28(30(36)23-11-15-25(16-12-23)39-19-20(3)4)31(37)32(38)34(29)26-18-21(5)8-17-27(26)35/h8-18,20,29,35-36H,6-7,19H2,1-5H3/b30-28+. The molecule has 0 saturated carbocycles. The molecule has 2 N–H and O–H groups in total. The number of amides is 1. The van der Waals surface area contributed by atoms with Gasteiger partial charge >= 0.3 is 0 Å². The van der Waals surface area contributed by atoms with Crippen molar-refractivity contribution in [1.29, 1.82) is 0 Å². The number of aryl methyl sites for hydroxylation is 1. The van der Waals surface area contributed by atoms with E-state index in [9.17, 15) is 19.8 Å². The predicted molar refractivity (Wildman–Crippen MR) is 154 cm³/mol. The zero-order valence-corrected chi connectivity index (χ0v) is 23.1. The Labute approximate surface area is 230 Å². The lowest BCUT2D eigenvalue weighted by molar-refractivity contribution is -0.132. The van der Waals surface area contributed by atoms with Crippen LogP contribution in [0.15, 0.2) is 72.3 Å². The van der Waals surface area contributed by atoms with E-state index >= 15 is 0 Å². The van der Waals surface area contributed by atoms with Gasteiger partial charge in [0.05, 0.1) is 23.9 Å². The monoisotopic (exact) mass is 528 g/mol. The number of nitrogens with zero attached hydrogens (tertiary/aromatic N) is 2. The van der Waals surface area contributed by atoms with E-state index in [4.69, 9.17) is 4.74 Å². The Hall–Kier alpha value is -4.26. The van der Waals surface area contributed by atoms with Crippen LogP contribution in [-0.4, -0.2) is 41.6 Å². The van der Waals surface area contributed by atoms with Gasteiger partial charge in [0.2, 0.25) is 0 Å². The van der Waals surface area contributed by atoms with Gasteiger partial charge in [-0.3, -0.25) is 14.5 Å². The van der Waals surface area contributed by atoms with Crippen molar-refractivity contribution in [2.75, 3.05) is 29.5 Å². The van der Waals surface area contributed by atoms with Crippen LogP contribution in [0.4, 0.5) is 11.4 Å². The molecule has 0 aromatic heterocycles. The van der Waals surface area contributed by atoms with Crippen molar-refractivity contribution in [3.8, 4) is 11.5 Å². The molecule has 1 heterocycles. The first kappa shape index (κ1) is 27.8. The molecule has 1 unspecified atom stereocenters. The zero-order valence-electron chi connectivity index (χ0n) is 23.1. The average molecular weight is 529 g/mol. The highest BCUT2D eigenvalue weighted by Crippen LogP contribution is 2.45. The number of aliphatic hydroxyl groups excluding tert-OH is 1. The molecule has 0 aliphatic carbocycles. The summed E-state index contributed by atoms with van der Waals surface area (Å²) < 4.78 is 5.75. The molecule has 1 saturated heterocycles. The fourth-order valence-corrected chi connectivity index (χ4v) is 4.81. The summed E-state index contributed by atoms with van der Waals surface area (Å²) in [5.41, 5.74) is 3.04. The Morgan fingerprint density at radius 3 is 2.21 bits per heavy atom. The second-order valence-electron chi connectivity index (χ2n) is 10.2. The summed E-state index contributed by atoms with van der Waals surface area (Å²) in [7, 11) is 0. The van der Waals surface area contributed by atoms with E-state index in [2.05, 4.69) is 32.6 Å². The van der Waals surface area contributed by atoms with Gasteiger partial charge in [-0.1, -0.05) is 32.0 Å². The summed E-state index contributed by atoms with van der Waals surface area (Å²) in [6, 6.07) is 18.4. The summed E-state index contributed by atoms with van der Waals surface area (Å²) >= 11 is 0. The number of ether oxygens (including phenoxy) is 1. The molecule has 0 bridgehead atoms. The highest BCUT2D eigenvalue weighted by atomic mass is 16.5. The van der Waals surface area contributed by atoms with Gasteiger partial charge in [-0.05, 0) is 86.3 Å². The molecule has 1 atom stereocenters. The normalized spacial score (nSPS) is 16.7. The van der Waals surface area contributed by atoms with Gasteiger partial charge in [-0.25, -0.2) is 0 Å². The third kappa shape index (κ3) is 5.62. The number of carbonyl (C=O) groups excluding carboxylic acids is 2. The van der Waals surface area contributed by atoms with Crippen molar-refractivity contribution in [2.24, 2.45) is 5.92 Å². The van der Waals surface area contributed by atoms with E-state index in [1.807, 2.05) is 31.2 Å². The number of ketones is 1. The molecular formula is C32H36N2O5. The van der Waals surface area contributed by atoms with Gasteiger partial charge in [0.25, 0.3) is 11.7 Å². The van der Waals surface area contributed by atoms with E-state index < -0.39 is 17.7 Å². The van der Waals surface area contributed by atoms with Crippen molar-refractivity contribution in [2.45, 2.75) is 40.7 Å². The molecule has 1 fully saturated rings. The smallest absolute Gasteiger partial charge is 0.300 e. The Morgan fingerprint density at radius 2 is 1.62 bits per heavy atom. The molecule has 4 rings (SSSR count). The van der Waals surface area contributed by atoms with Crippen LogP contribution in [0.25, 0.3) is 5.76 Å². The number of anilines is 2. The highest BCUT2D eigenvalue weighted by Gasteiger charge is 2.47. The third-order valence-electron chi connectivity index (χ3n) is 6.88. The summed E-state index contributed by atoms with van der Waals surface area (Å²) in [6.45, 7) is 12.3. The van der Waals surface area contributed by atoms with E-state index in [-0.39, 0.29) is 22.8 Å². The minimum atomic E-state index is -0.930.